The Kier molecular flexibility index (Phi) is 4.29. The molecule has 1 aromatic heterocycles. The van der Waals surface area contributed by atoms with E-state index >= 15 is 0 Å². The maximum Gasteiger partial charge on any atom is 0.276 e. The van der Waals surface area contributed by atoms with Gasteiger partial charge in [-0.05, 0) is 37.1 Å². The lowest BCUT2D eigenvalue weighted by Gasteiger charge is -2.29. The number of anilines is 1. The molecule has 1 saturated heterocycles. The first-order valence-corrected chi connectivity index (χ1v) is 8.88. The lowest BCUT2D eigenvalue weighted by atomic mass is 9.97. The van der Waals surface area contributed by atoms with E-state index in [2.05, 4.69) is 10.3 Å². The number of pyridine rings is 1. The van der Waals surface area contributed by atoms with Crippen molar-refractivity contribution < 1.29 is 13.2 Å². The maximum absolute atomic E-state index is 12.4. The third-order valence-corrected chi connectivity index (χ3v) is 5.17. The smallest absolute Gasteiger partial charge is 0.276 e. The number of nitrogens with zero attached hydrogens (tertiary/aromatic N) is 2. The van der Waals surface area contributed by atoms with Gasteiger partial charge in [-0.15, -0.1) is 0 Å². The normalized spacial score (nSPS) is 17.3. The number of hydrogen-bond acceptors (Lipinski definition) is 4. The first-order valence-electron chi connectivity index (χ1n) is 7.37. The zero-order chi connectivity index (χ0) is 16.4. The second kappa shape index (κ2) is 6.23. The van der Waals surface area contributed by atoms with Crippen molar-refractivity contribution in [1.82, 2.24) is 9.29 Å². The van der Waals surface area contributed by atoms with Crippen LogP contribution >= 0.6 is 0 Å². The Hall–Kier alpha value is -2.03. The van der Waals surface area contributed by atoms with E-state index in [0.29, 0.717) is 12.8 Å². The average Bonchev–Trinajstić information content (AvgIpc) is 2.54. The minimum atomic E-state index is -3.67. The topological polar surface area (TPSA) is 105 Å². The summed E-state index contributed by atoms with van der Waals surface area (Å²) in [6.07, 6.45) is 2.63. The SMILES string of the molecule is NS(=O)(=O)N1CCC(C(=O)Nc2cccc3ncccc23)CC1. The summed E-state index contributed by atoms with van der Waals surface area (Å²) < 4.78 is 23.8. The zero-order valence-corrected chi connectivity index (χ0v) is 13.3. The van der Waals surface area contributed by atoms with Gasteiger partial charge in [0.1, 0.15) is 0 Å². The highest BCUT2D eigenvalue weighted by Gasteiger charge is 2.29. The molecule has 1 aliphatic heterocycles. The van der Waals surface area contributed by atoms with Crippen molar-refractivity contribution in [3.05, 3.63) is 36.5 Å². The molecule has 0 spiro atoms. The number of nitrogens with two attached hydrogens (primary N) is 1. The highest BCUT2D eigenvalue weighted by atomic mass is 32.2. The van der Waals surface area contributed by atoms with Gasteiger partial charge in [-0.3, -0.25) is 9.78 Å². The van der Waals surface area contributed by atoms with Gasteiger partial charge in [-0.2, -0.15) is 12.7 Å². The second-order valence-corrected chi connectivity index (χ2v) is 7.13. The number of amides is 1. The summed E-state index contributed by atoms with van der Waals surface area (Å²) in [6.45, 7) is 0.544. The summed E-state index contributed by atoms with van der Waals surface area (Å²) in [5, 5.41) is 8.92. The van der Waals surface area contributed by atoms with Crippen LogP contribution in [0, 0.1) is 5.92 Å². The van der Waals surface area contributed by atoms with Crippen molar-refractivity contribution in [3.63, 3.8) is 0 Å². The molecule has 1 fully saturated rings. The summed E-state index contributed by atoms with van der Waals surface area (Å²) in [4.78, 5) is 16.7. The van der Waals surface area contributed by atoms with Crippen LogP contribution in [0.5, 0.6) is 0 Å². The van der Waals surface area contributed by atoms with Crippen molar-refractivity contribution >= 4 is 32.7 Å². The Morgan fingerprint density at radius 3 is 2.65 bits per heavy atom. The second-order valence-electron chi connectivity index (χ2n) is 5.58. The fraction of sp³-hybridized carbons (Fsp3) is 0.333. The van der Waals surface area contributed by atoms with Crippen LogP contribution in [0.15, 0.2) is 36.5 Å². The third kappa shape index (κ3) is 3.49. The maximum atomic E-state index is 12.4. The van der Waals surface area contributed by atoms with E-state index in [4.69, 9.17) is 5.14 Å². The Morgan fingerprint density at radius 1 is 1.22 bits per heavy atom. The van der Waals surface area contributed by atoms with Crippen LogP contribution in [-0.4, -0.2) is 36.7 Å². The van der Waals surface area contributed by atoms with Gasteiger partial charge >= 0.3 is 0 Å². The van der Waals surface area contributed by atoms with Crippen LogP contribution < -0.4 is 10.5 Å². The molecule has 1 amide bonds. The predicted octanol–water partition coefficient (Wildman–Crippen LogP) is 1.09. The molecule has 0 radical (unpaired) electrons. The van der Waals surface area contributed by atoms with Gasteiger partial charge in [0.15, 0.2) is 0 Å². The van der Waals surface area contributed by atoms with Crippen LogP contribution in [0.1, 0.15) is 12.8 Å². The number of benzene rings is 1. The Bertz CT molecular complexity index is 824. The first kappa shape index (κ1) is 15.9. The standard InChI is InChI=1S/C15H18N4O3S/c16-23(21,22)19-9-6-11(7-10-19)15(20)18-14-5-1-4-13-12(14)3-2-8-17-13/h1-5,8,11H,6-7,9-10H2,(H,18,20)(H2,16,21,22). The molecular weight excluding hydrogens is 316 g/mol. The molecule has 1 aliphatic rings. The highest BCUT2D eigenvalue weighted by molar-refractivity contribution is 7.86. The number of piperidine rings is 1. The van der Waals surface area contributed by atoms with Gasteiger partial charge in [-0.25, -0.2) is 5.14 Å². The van der Waals surface area contributed by atoms with Crippen LogP contribution in [0.4, 0.5) is 5.69 Å². The van der Waals surface area contributed by atoms with E-state index in [-0.39, 0.29) is 24.9 Å². The van der Waals surface area contributed by atoms with Gasteiger partial charge in [0.2, 0.25) is 5.91 Å². The molecule has 0 aliphatic carbocycles. The van der Waals surface area contributed by atoms with Crippen molar-refractivity contribution in [2.45, 2.75) is 12.8 Å². The molecule has 1 aromatic carbocycles. The summed E-state index contributed by atoms with van der Waals surface area (Å²) in [6, 6.07) is 9.29. The average molecular weight is 334 g/mol. The fourth-order valence-electron chi connectivity index (χ4n) is 2.82. The summed E-state index contributed by atoms with van der Waals surface area (Å²) >= 11 is 0. The fourth-order valence-corrected chi connectivity index (χ4v) is 3.54. The summed E-state index contributed by atoms with van der Waals surface area (Å²) in [5.41, 5.74) is 1.53. The molecule has 0 atom stereocenters. The molecular formula is C15H18N4O3S. The molecule has 0 unspecified atom stereocenters. The summed E-state index contributed by atoms with van der Waals surface area (Å²) in [7, 11) is -3.67. The number of carbonyl (C=O) groups excluding carboxylic acids is 1. The van der Waals surface area contributed by atoms with E-state index in [1.165, 1.54) is 4.31 Å². The largest absolute Gasteiger partial charge is 0.325 e. The molecule has 7 nitrogen and oxygen atoms in total. The number of aromatic nitrogens is 1. The predicted molar refractivity (Wildman–Crippen MR) is 87.8 cm³/mol. The monoisotopic (exact) mass is 334 g/mol. The molecule has 23 heavy (non-hydrogen) atoms. The minimum absolute atomic E-state index is 0.101. The third-order valence-electron chi connectivity index (χ3n) is 4.09. The van der Waals surface area contributed by atoms with E-state index in [0.717, 1.165) is 16.6 Å². The van der Waals surface area contributed by atoms with E-state index in [1.54, 1.807) is 6.20 Å². The van der Waals surface area contributed by atoms with Crippen molar-refractivity contribution in [3.8, 4) is 0 Å². The van der Waals surface area contributed by atoms with Crippen LogP contribution in [0.2, 0.25) is 0 Å². The lowest BCUT2D eigenvalue weighted by molar-refractivity contribution is -0.120. The van der Waals surface area contributed by atoms with Crippen molar-refractivity contribution in [1.29, 1.82) is 0 Å². The van der Waals surface area contributed by atoms with E-state index in [1.807, 2.05) is 30.3 Å². The molecule has 2 heterocycles. The molecule has 0 saturated carbocycles. The molecule has 122 valence electrons. The Labute approximate surface area is 134 Å². The minimum Gasteiger partial charge on any atom is -0.325 e. The number of nitrogens with one attached hydrogen (secondary N) is 1. The molecule has 8 heteroatoms. The van der Waals surface area contributed by atoms with Crippen LogP contribution in [-0.2, 0) is 15.0 Å². The van der Waals surface area contributed by atoms with Gasteiger partial charge in [0.05, 0.1) is 11.2 Å². The zero-order valence-electron chi connectivity index (χ0n) is 12.5. The highest BCUT2D eigenvalue weighted by Crippen LogP contribution is 2.24. The number of hydrogen-bond donors (Lipinski definition) is 2. The Morgan fingerprint density at radius 2 is 1.96 bits per heavy atom. The summed E-state index contributed by atoms with van der Waals surface area (Å²) in [5.74, 6) is -0.324. The van der Waals surface area contributed by atoms with Crippen LogP contribution in [0.3, 0.4) is 0 Å². The van der Waals surface area contributed by atoms with Gasteiger partial charge < -0.3 is 5.32 Å². The number of fused-ring (bicyclic) bond motifs is 1. The first-order chi connectivity index (χ1) is 10.9. The van der Waals surface area contributed by atoms with E-state index in [9.17, 15) is 13.2 Å². The van der Waals surface area contributed by atoms with E-state index < -0.39 is 10.2 Å². The molecule has 3 rings (SSSR count). The quantitative estimate of drug-likeness (QED) is 0.876. The molecule has 2 aromatic rings. The molecule has 3 N–H and O–H groups in total. The van der Waals surface area contributed by atoms with Crippen LogP contribution in [0.25, 0.3) is 10.9 Å². The number of carbonyl (C=O) groups is 1. The van der Waals surface area contributed by atoms with Gasteiger partial charge in [0, 0.05) is 30.6 Å². The lowest BCUT2D eigenvalue weighted by Crippen LogP contribution is -2.44. The van der Waals surface area contributed by atoms with Crippen molar-refractivity contribution in [2.75, 3.05) is 18.4 Å². The van der Waals surface area contributed by atoms with Gasteiger partial charge in [0.25, 0.3) is 10.2 Å². The number of rotatable bonds is 3. The van der Waals surface area contributed by atoms with Crippen molar-refractivity contribution in [2.24, 2.45) is 11.1 Å². The Balaban J connectivity index is 1.70. The van der Waals surface area contributed by atoms with Gasteiger partial charge in [-0.1, -0.05) is 6.07 Å². The molecule has 0 bridgehead atoms.